The van der Waals surface area contributed by atoms with Crippen molar-refractivity contribution in [2.75, 3.05) is 16.9 Å². The van der Waals surface area contributed by atoms with E-state index in [4.69, 9.17) is 4.98 Å². The van der Waals surface area contributed by atoms with E-state index in [1.165, 1.54) is 43.0 Å². The average molecular weight is 462 g/mol. The van der Waals surface area contributed by atoms with Crippen LogP contribution in [-0.2, 0) is 4.79 Å². The molecule has 0 radical (unpaired) electrons. The zero-order valence-corrected chi connectivity index (χ0v) is 18.7. The summed E-state index contributed by atoms with van der Waals surface area (Å²) in [4.78, 5) is 36.1. The number of thioether (sulfide) groups is 1. The van der Waals surface area contributed by atoms with Crippen LogP contribution in [0.5, 0.6) is 0 Å². The predicted octanol–water partition coefficient (Wildman–Crippen LogP) is 5.21. The highest BCUT2D eigenvalue weighted by Gasteiger charge is 2.16. The van der Waals surface area contributed by atoms with E-state index >= 15 is 0 Å². The van der Waals surface area contributed by atoms with Gasteiger partial charge in [0, 0.05) is 35.5 Å². The molecule has 0 spiro atoms. The highest BCUT2D eigenvalue weighted by atomic mass is 32.2. The van der Waals surface area contributed by atoms with Crippen molar-refractivity contribution in [2.24, 2.45) is 0 Å². The van der Waals surface area contributed by atoms with Crippen molar-refractivity contribution in [1.29, 1.82) is 0 Å². The van der Waals surface area contributed by atoms with E-state index < -0.39 is 5.82 Å². The second-order valence-electron chi connectivity index (χ2n) is 7.12. The van der Waals surface area contributed by atoms with Gasteiger partial charge in [-0.2, -0.15) is 0 Å². The van der Waals surface area contributed by atoms with E-state index in [-0.39, 0.29) is 11.8 Å². The van der Waals surface area contributed by atoms with Gasteiger partial charge in [-0.15, -0.1) is 0 Å². The Kier molecular flexibility index (Phi) is 6.50. The first kappa shape index (κ1) is 22.2. The first-order valence-electron chi connectivity index (χ1n) is 9.98. The Hall–Kier alpha value is -3.98. The smallest absolute Gasteiger partial charge is 0.255 e. The van der Waals surface area contributed by atoms with Crippen LogP contribution in [0, 0.1) is 5.82 Å². The minimum Gasteiger partial charge on any atom is -0.332 e. The van der Waals surface area contributed by atoms with Gasteiger partial charge in [0.2, 0.25) is 5.91 Å². The number of benzene rings is 2. The molecule has 33 heavy (non-hydrogen) atoms. The third-order valence-electron chi connectivity index (χ3n) is 4.73. The molecule has 0 aliphatic carbocycles. The SMILES string of the molecule is CSc1nc(-c2cccc(NC(=O)c3ccc(F)cc3)c2)c(-c2ccnc(NC(C)=O)c2)[nH]1. The molecule has 9 heteroatoms. The minimum atomic E-state index is -0.401. The van der Waals surface area contributed by atoms with E-state index in [2.05, 4.69) is 20.6 Å². The maximum atomic E-state index is 13.1. The number of amides is 2. The second-order valence-corrected chi connectivity index (χ2v) is 7.92. The molecule has 0 bridgehead atoms. The number of nitrogens with zero attached hydrogens (tertiary/aromatic N) is 2. The molecule has 4 aromatic rings. The fourth-order valence-corrected chi connectivity index (χ4v) is 3.64. The number of aromatic amines is 1. The number of pyridine rings is 1. The van der Waals surface area contributed by atoms with Gasteiger partial charge in [0.1, 0.15) is 11.6 Å². The molecular formula is C24H20FN5O2S. The summed E-state index contributed by atoms with van der Waals surface area (Å²) in [5, 5.41) is 6.24. The lowest BCUT2D eigenvalue weighted by atomic mass is 10.0. The Balaban J connectivity index is 1.67. The van der Waals surface area contributed by atoms with Crippen molar-refractivity contribution < 1.29 is 14.0 Å². The van der Waals surface area contributed by atoms with E-state index in [1.807, 2.05) is 30.5 Å². The van der Waals surface area contributed by atoms with E-state index in [0.717, 1.165) is 22.0 Å². The summed E-state index contributed by atoms with van der Waals surface area (Å²) < 4.78 is 13.1. The monoisotopic (exact) mass is 461 g/mol. The second kappa shape index (κ2) is 9.66. The molecule has 0 atom stereocenters. The summed E-state index contributed by atoms with van der Waals surface area (Å²) in [6, 6.07) is 16.3. The summed E-state index contributed by atoms with van der Waals surface area (Å²) in [5.74, 6) is -0.513. The van der Waals surface area contributed by atoms with Crippen LogP contribution >= 0.6 is 11.8 Å². The van der Waals surface area contributed by atoms with Crippen LogP contribution in [0.1, 0.15) is 17.3 Å². The Morgan fingerprint density at radius 2 is 1.79 bits per heavy atom. The number of anilines is 2. The van der Waals surface area contributed by atoms with Crippen LogP contribution in [0.2, 0.25) is 0 Å². The molecule has 7 nitrogen and oxygen atoms in total. The molecule has 2 aromatic carbocycles. The molecule has 3 N–H and O–H groups in total. The lowest BCUT2D eigenvalue weighted by Gasteiger charge is -2.09. The maximum absolute atomic E-state index is 13.1. The van der Waals surface area contributed by atoms with E-state index in [1.54, 1.807) is 18.3 Å². The molecule has 0 aliphatic rings. The molecule has 4 rings (SSSR count). The number of carbonyl (C=O) groups excluding carboxylic acids is 2. The Bertz CT molecular complexity index is 1320. The molecular weight excluding hydrogens is 441 g/mol. The summed E-state index contributed by atoms with van der Waals surface area (Å²) in [6.07, 6.45) is 3.53. The summed E-state index contributed by atoms with van der Waals surface area (Å²) in [7, 11) is 0. The Morgan fingerprint density at radius 3 is 2.52 bits per heavy atom. The van der Waals surface area contributed by atoms with Gasteiger partial charge in [-0.05, 0) is 54.8 Å². The van der Waals surface area contributed by atoms with Crippen molar-refractivity contribution >= 4 is 35.1 Å². The first-order valence-corrected chi connectivity index (χ1v) is 11.2. The number of H-pyrrole nitrogens is 1. The van der Waals surface area contributed by atoms with E-state index in [0.29, 0.717) is 22.8 Å². The van der Waals surface area contributed by atoms with Crippen LogP contribution in [0.15, 0.2) is 72.0 Å². The van der Waals surface area contributed by atoms with Gasteiger partial charge in [-0.1, -0.05) is 23.9 Å². The molecule has 0 saturated carbocycles. The molecule has 2 amide bonds. The maximum Gasteiger partial charge on any atom is 0.255 e. The van der Waals surface area contributed by atoms with Crippen LogP contribution < -0.4 is 10.6 Å². The number of halogens is 1. The summed E-state index contributed by atoms with van der Waals surface area (Å²) in [6.45, 7) is 1.42. The molecule has 0 saturated heterocycles. The zero-order chi connectivity index (χ0) is 23.4. The number of hydrogen-bond acceptors (Lipinski definition) is 5. The minimum absolute atomic E-state index is 0.209. The van der Waals surface area contributed by atoms with Crippen molar-refractivity contribution in [1.82, 2.24) is 15.0 Å². The quantitative estimate of drug-likeness (QED) is 0.342. The van der Waals surface area contributed by atoms with Gasteiger partial charge in [-0.3, -0.25) is 9.59 Å². The number of nitrogens with one attached hydrogen (secondary N) is 3. The van der Waals surface area contributed by atoms with Crippen LogP contribution in [0.3, 0.4) is 0 Å². The Morgan fingerprint density at radius 1 is 1.00 bits per heavy atom. The van der Waals surface area contributed by atoms with Gasteiger partial charge < -0.3 is 15.6 Å². The van der Waals surface area contributed by atoms with Gasteiger partial charge in [0.05, 0.1) is 11.4 Å². The molecule has 0 fully saturated rings. The fourth-order valence-electron chi connectivity index (χ4n) is 3.25. The normalized spacial score (nSPS) is 10.6. The topological polar surface area (TPSA) is 99.8 Å². The molecule has 166 valence electrons. The standard InChI is InChI=1S/C24H20FN5O2S/c1-14(31)27-20-13-17(10-11-26-20)22-21(29-24(30-22)33-2)16-4-3-5-19(12-16)28-23(32)15-6-8-18(25)9-7-15/h3-13H,1-2H3,(H,28,32)(H,29,30)(H,26,27,31). The number of carbonyl (C=O) groups is 2. The van der Waals surface area contributed by atoms with Crippen molar-refractivity contribution in [3.8, 4) is 22.5 Å². The Labute approximate surface area is 193 Å². The van der Waals surface area contributed by atoms with Gasteiger partial charge >= 0.3 is 0 Å². The summed E-state index contributed by atoms with van der Waals surface area (Å²) >= 11 is 1.47. The van der Waals surface area contributed by atoms with Gasteiger partial charge in [0.25, 0.3) is 5.91 Å². The highest BCUT2D eigenvalue weighted by molar-refractivity contribution is 7.98. The van der Waals surface area contributed by atoms with Gasteiger partial charge in [-0.25, -0.2) is 14.4 Å². The zero-order valence-electron chi connectivity index (χ0n) is 17.8. The number of rotatable bonds is 6. The molecule has 2 heterocycles. The predicted molar refractivity (Wildman–Crippen MR) is 128 cm³/mol. The highest BCUT2D eigenvalue weighted by Crippen LogP contribution is 2.34. The lowest BCUT2D eigenvalue weighted by molar-refractivity contribution is -0.114. The van der Waals surface area contributed by atoms with Crippen LogP contribution in [0.25, 0.3) is 22.5 Å². The number of imidazole rings is 1. The van der Waals surface area contributed by atoms with Crippen LogP contribution in [-0.4, -0.2) is 33.0 Å². The molecule has 2 aromatic heterocycles. The first-order chi connectivity index (χ1) is 15.9. The summed E-state index contributed by atoms with van der Waals surface area (Å²) in [5.41, 5.74) is 3.98. The number of aromatic nitrogens is 3. The fraction of sp³-hybridized carbons (Fsp3) is 0.0833. The largest absolute Gasteiger partial charge is 0.332 e. The third-order valence-corrected chi connectivity index (χ3v) is 5.31. The van der Waals surface area contributed by atoms with Crippen molar-refractivity contribution in [3.05, 3.63) is 78.2 Å². The van der Waals surface area contributed by atoms with Crippen molar-refractivity contribution in [2.45, 2.75) is 12.1 Å². The number of hydrogen-bond donors (Lipinski definition) is 3. The molecule has 0 aliphatic heterocycles. The average Bonchev–Trinajstić information content (AvgIpc) is 3.24. The van der Waals surface area contributed by atoms with E-state index in [9.17, 15) is 14.0 Å². The molecule has 0 unspecified atom stereocenters. The third kappa shape index (κ3) is 5.27. The lowest BCUT2D eigenvalue weighted by Crippen LogP contribution is -2.11. The van der Waals surface area contributed by atoms with Crippen LogP contribution in [0.4, 0.5) is 15.9 Å². The van der Waals surface area contributed by atoms with Gasteiger partial charge in [0.15, 0.2) is 5.16 Å². The van der Waals surface area contributed by atoms with Crippen molar-refractivity contribution in [3.63, 3.8) is 0 Å².